The van der Waals surface area contributed by atoms with Crippen molar-refractivity contribution in [3.63, 3.8) is 0 Å². The van der Waals surface area contributed by atoms with Crippen molar-refractivity contribution in [2.75, 3.05) is 13.2 Å². The van der Waals surface area contributed by atoms with Gasteiger partial charge in [0.15, 0.2) is 0 Å². The van der Waals surface area contributed by atoms with Gasteiger partial charge in [-0.1, -0.05) is 6.92 Å². The van der Waals surface area contributed by atoms with E-state index in [1.165, 1.54) is 0 Å². The van der Waals surface area contributed by atoms with E-state index < -0.39 is 6.10 Å². The Morgan fingerprint density at radius 3 is 2.82 bits per heavy atom. The second-order valence-electron chi connectivity index (χ2n) is 4.28. The maximum atomic E-state index is 9.74. The molecule has 0 amide bonds. The predicted octanol–water partition coefficient (Wildman–Crippen LogP) is 1.97. The number of hydrogen-bond acceptors (Lipinski definition) is 5. The van der Waals surface area contributed by atoms with Crippen LogP contribution in [0.25, 0.3) is 0 Å². The number of aliphatic hydroxyl groups excluding tert-OH is 1. The van der Waals surface area contributed by atoms with Crippen LogP contribution in [-0.4, -0.2) is 35.5 Å². The largest absolute Gasteiger partial charge is 0.389 e. The lowest BCUT2D eigenvalue weighted by molar-refractivity contribution is 0.00537. The quantitative estimate of drug-likeness (QED) is 0.748. The standard InChI is InChI=1S/C12H22N2O2S/c1-4-11(12-13-5-6-17-12)14-7-10(15)8-16-9(2)3/h5-6,9-11,14-15H,4,7-8H2,1-3H3. The van der Waals surface area contributed by atoms with E-state index in [0.29, 0.717) is 13.2 Å². The van der Waals surface area contributed by atoms with Crippen LogP contribution in [0.3, 0.4) is 0 Å². The summed E-state index contributed by atoms with van der Waals surface area (Å²) in [4.78, 5) is 4.28. The first-order chi connectivity index (χ1) is 8.13. The molecule has 5 heteroatoms. The minimum atomic E-state index is -0.466. The van der Waals surface area contributed by atoms with E-state index >= 15 is 0 Å². The van der Waals surface area contributed by atoms with E-state index in [9.17, 15) is 5.11 Å². The molecule has 1 rings (SSSR count). The molecule has 4 nitrogen and oxygen atoms in total. The molecule has 0 bridgehead atoms. The van der Waals surface area contributed by atoms with E-state index in [-0.39, 0.29) is 12.1 Å². The highest BCUT2D eigenvalue weighted by atomic mass is 32.1. The first-order valence-corrected chi connectivity index (χ1v) is 6.93. The number of aliphatic hydroxyl groups is 1. The average Bonchev–Trinajstić information content (AvgIpc) is 2.81. The average molecular weight is 258 g/mol. The molecule has 17 heavy (non-hydrogen) atoms. The van der Waals surface area contributed by atoms with Crippen molar-refractivity contribution in [1.82, 2.24) is 10.3 Å². The number of nitrogens with one attached hydrogen (secondary N) is 1. The number of hydrogen-bond donors (Lipinski definition) is 2. The van der Waals surface area contributed by atoms with Crippen LogP contribution in [0.5, 0.6) is 0 Å². The summed E-state index contributed by atoms with van der Waals surface area (Å²) >= 11 is 1.64. The number of ether oxygens (including phenoxy) is 1. The van der Waals surface area contributed by atoms with Crippen molar-refractivity contribution in [2.45, 2.75) is 45.4 Å². The van der Waals surface area contributed by atoms with Crippen LogP contribution in [0.15, 0.2) is 11.6 Å². The molecule has 2 N–H and O–H groups in total. The fourth-order valence-corrected chi connectivity index (χ4v) is 2.25. The molecule has 0 saturated heterocycles. The summed E-state index contributed by atoms with van der Waals surface area (Å²) in [5.74, 6) is 0. The Hall–Kier alpha value is -0.490. The molecular weight excluding hydrogens is 236 g/mol. The molecule has 2 unspecified atom stereocenters. The zero-order chi connectivity index (χ0) is 12.7. The van der Waals surface area contributed by atoms with E-state index in [1.807, 2.05) is 25.4 Å². The molecule has 98 valence electrons. The van der Waals surface area contributed by atoms with Crippen molar-refractivity contribution in [3.05, 3.63) is 16.6 Å². The van der Waals surface area contributed by atoms with E-state index in [4.69, 9.17) is 4.74 Å². The van der Waals surface area contributed by atoms with E-state index in [0.717, 1.165) is 11.4 Å². The lowest BCUT2D eigenvalue weighted by Gasteiger charge is -2.18. The third-order valence-corrected chi connectivity index (χ3v) is 3.27. The third-order valence-electron chi connectivity index (χ3n) is 2.38. The van der Waals surface area contributed by atoms with Crippen LogP contribution in [0.2, 0.25) is 0 Å². The van der Waals surface area contributed by atoms with Crippen molar-refractivity contribution in [3.8, 4) is 0 Å². The summed E-state index contributed by atoms with van der Waals surface area (Å²) in [6, 6.07) is 0.226. The molecule has 0 aromatic carbocycles. The van der Waals surface area contributed by atoms with Crippen LogP contribution in [0.4, 0.5) is 0 Å². The van der Waals surface area contributed by atoms with Crippen LogP contribution in [0.1, 0.15) is 38.2 Å². The summed E-state index contributed by atoms with van der Waals surface area (Å²) in [6.45, 7) is 6.94. The van der Waals surface area contributed by atoms with Crippen molar-refractivity contribution < 1.29 is 9.84 Å². The highest BCUT2D eigenvalue weighted by molar-refractivity contribution is 7.09. The molecule has 2 atom stereocenters. The van der Waals surface area contributed by atoms with Crippen LogP contribution in [0, 0.1) is 0 Å². The van der Waals surface area contributed by atoms with Gasteiger partial charge in [0.05, 0.1) is 24.9 Å². The number of thiazole rings is 1. The second-order valence-corrected chi connectivity index (χ2v) is 5.20. The van der Waals surface area contributed by atoms with Gasteiger partial charge in [0.2, 0.25) is 0 Å². The molecule has 1 heterocycles. The molecule has 1 aromatic rings. The topological polar surface area (TPSA) is 54.4 Å². The molecule has 0 radical (unpaired) electrons. The number of nitrogens with zero attached hydrogens (tertiary/aromatic N) is 1. The monoisotopic (exact) mass is 258 g/mol. The highest BCUT2D eigenvalue weighted by Crippen LogP contribution is 2.18. The zero-order valence-electron chi connectivity index (χ0n) is 10.7. The highest BCUT2D eigenvalue weighted by Gasteiger charge is 2.13. The molecule has 0 spiro atoms. The maximum Gasteiger partial charge on any atom is 0.109 e. The number of rotatable bonds is 8. The fourth-order valence-electron chi connectivity index (χ4n) is 1.45. The summed E-state index contributed by atoms with van der Waals surface area (Å²) in [7, 11) is 0. The molecule has 0 fully saturated rings. The summed E-state index contributed by atoms with van der Waals surface area (Å²) in [5.41, 5.74) is 0. The Bertz CT molecular complexity index is 291. The van der Waals surface area contributed by atoms with Crippen LogP contribution >= 0.6 is 11.3 Å². The SMILES string of the molecule is CCC(NCC(O)COC(C)C)c1nccs1. The Kier molecular flexibility index (Phi) is 6.65. The van der Waals surface area contributed by atoms with Gasteiger partial charge >= 0.3 is 0 Å². The lowest BCUT2D eigenvalue weighted by atomic mass is 10.2. The second kappa shape index (κ2) is 7.76. The van der Waals surface area contributed by atoms with Gasteiger partial charge in [-0.25, -0.2) is 4.98 Å². The van der Waals surface area contributed by atoms with E-state index in [1.54, 1.807) is 11.3 Å². The van der Waals surface area contributed by atoms with Gasteiger partial charge in [-0.15, -0.1) is 11.3 Å². The molecular formula is C12H22N2O2S. The Morgan fingerprint density at radius 2 is 2.29 bits per heavy atom. The number of aromatic nitrogens is 1. The van der Waals surface area contributed by atoms with Gasteiger partial charge in [0.1, 0.15) is 5.01 Å². The van der Waals surface area contributed by atoms with Crippen LogP contribution in [-0.2, 0) is 4.74 Å². The fraction of sp³-hybridized carbons (Fsp3) is 0.750. The summed E-state index contributed by atoms with van der Waals surface area (Å²) in [5, 5.41) is 16.1. The smallest absolute Gasteiger partial charge is 0.109 e. The van der Waals surface area contributed by atoms with Gasteiger partial charge in [-0.05, 0) is 20.3 Å². The first-order valence-electron chi connectivity index (χ1n) is 6.05. The van der Waals surface area contributed by atoms with Gasteiger partial charge < -0.3 is 15.2 Å². The van der Waals surface area contributed by atoms with Crippen LogP contribution < -0.4 is 5.32 Å². The summed E-state index contributed by atoms with van der Waals surface area (Å²) in [6.07, 6.45) is 2.46. The molecule has 0 aliphatic carbocycles. The first kappa shape index (κ1) is 14.6. The zero-order valence-corrected chi connectivity index (χ0v) is 11.5. The van der Waals surface area contributed by atoms with E-state index in [2.05, 4.69) is 17.2 Å². The molecule has 0 aliphatic rings. The minimum absolute atomic E-state index is 0.158. The van der Waals surface area contributed by atoms with Crippen molar-refractivity contribution in [2.24, 2.45) is 0 Å². The van der Waals surface area contributed by atoms with Gasteiger partial charge in [-0.2, -0.15) is 0 Å². The predicted molar refractivity (Wildman–Crippen MR) is 70.2 cm³/mol. The Labute approximate surface area is 107 Å². The Balaban J connectivity index is 2.28. The van der Waals surface area contributed by atoms with Gasteiger partial charge in [0, 0.05) is 18.1 Å². The minimum Gasteiger partial charge on any atom is -0.389 e. The van der Waals surface area contributed by atoms with Crippen molar-refractivity contribution in [1.29, 1.82) is 0 Å². The lowest BCUT2D eigenvalue weighted by Crippen LogP contribution is -2.33. The molecule has 0 saturated carbocycles. The summed E-state index contributed by atoms with van der Waals surface area (Å²) < 4.78 is 5.36. The third kappa shape index (κ3) is 5.59. The van der Waals surface area contributed by atoms with Gasteiger partial charge in [0.25, 0.3) is 0 Å². The van der Waals surface area contributed by atoms with Gasteiger partial charge in [-0.3, -0.25) is 0 Å². The molecule has 1 aromatic heterocycles. The maximum absolute atomic E-state index is 9.74. The Morgan fingerprint density at radius 1 is 1.53 bits per heavy atom. The normalized spacial score (nSPS) is 15.1. The van der Waals surface area contributed by atoms with Crippen molar-refractivity contribution >= 4 is 11.3 Å². The molecule has 0 aliphatic heterocycles.